The summed E-state index contributed by atoms with van der Waals surface area (Å²) >= 11 is 0. The van der Waals surface area contributed by atoms with Crippen LogP contribution in [0, 0.1) is 0 Å². The van der Waals surface area contributed by atoms with Crippen molar-refractivity contribution in [1.82, 2.24) is 9.97 Å². The van der Waals surface area contributed by atoms with Crippen LogP contribution in [0.4, 0.5) is 0 Å². The maximum atomic E-state index is 5.92. The summed E-state index contributed by atoms with van der Waals surface area (Å²) in [5.74, 6) is 1.83. The first-order valence-electron chi connectivity index (χ1n) is 14.1. The van der Waals surface area contributed by atoms with Crippen LogP contribution >= 0.6 is 0 Å². The van der Waals surface area contributed by atoms with Crippen LogP contribution in [0.15, 0.2) is 60.9 Å². The number of unbranched alkanes of at least 4 members (excludes halogenated alkanes) is 10. The third-order valence-corrected chi connectivity index (χ3v) is 6.50. The van der Waals surface area contributed by atoms with Gasteiger partial charge in [0.05, 0.1) is 24.6 Å². The summed E-state index contributed by atoms with van der Waals surface area (Å²) in [6.07, 6.45) is 16.9. The van der Waals surface area contributed by atoms with Gasteiger partial charge in [0, 0.05) is 11.1 Å². The summed E-state index contributed by atoms with van der Waals surface area (Å²) in [5.41, 5.74) is 3.94. The van der Waals surface area contributed by atoms with Crippen molar-refractivity contribution in [2.75, 3.05) is 13.2 Å². The van der Waals surface area contributed by atoms with Crippen LogP contribution < -0.4 is 9.47 Å². The van der Waals surface area contributed by atoms with Crippen molar-refractivity contribution in [3.8, 4) is 34.0 Å². The Hall–Kier alpha value is -2.88. The molecule has 0 amide bonds. The zero-order valence-corrected chi connectivity index (χ0v) is 22.4. The monoisotopic (exact) mass is 488 g/mol. The van der Waals surface area contributed by atoms with Gasteiger partial charge in [0.1, 0.15) is 17.8 Å². The number of aromatic nitrogens is 2. The van der Waals surface area contributed by atoms with Gasteiger partial charge in [-0.25, -0.2) is 9.97 Å². The fourth-order valence-corrected chi connectivity index (χ4v) is 4.26. The van der Waals surface area contributed by atoms with E-state index in [1.54, 1.807) is 6.33 Å². The molecule has 0 aliphatic carbocycles. The first-order chi connectivity index (χ1) is 17.8. The molecule has 3 aromatic rings. The summed E-state index contributed by atoms with van der Waals surface area (Å²) in [6, 6.07) is 18.5. The van der Waals surface area contributed by atoms with Crippen molar-refractivity contribution in [2.45, 2.75) is 90.9 Å². The molecule has 0 aliphatic heterocycles. The van der Waals surface area contributed by atoms with E-state index >= 15 is 0 Å². The third-order valence-electron chi connectivity index (χ3n) is 6.50. The predicted octanol–water partition coefficient (Wildman–Crippen LogP) is 9.29. The first-order valence-corrected chi connectivity index (χ1v) is 14.1. The molecular weight excluding hydrogens is 444 g/mol. The average molecular weight is 489 g/mol. The standard InChI is InChI=1S/C32H44N2O2/c1-3-5-7-9-11-13-23-35-29-19-15-27(16-20-29)31-25-32(34-26-33-31)28-17-21-30(22-18-28)36-24-14-12-10-8-6-4-2/h15-22,25-26H,3-14,23-24H2,1-2H3. The minimum atomic E-state index is 0.780. The lowest BCUT2D eigenvalue weighted by molar-refractivity contribution is 0.304. The fourth-order valence-electron chi connectivity index (χ4n) is 4.26. The molecule has 0 spiro atoms. The quantitative estimate of drug-likeness (QED) is 0.167. The van der Waals surface area contributed by atoms with Gasteiger partial charge in [0.2, 0.25) is 0 Å². The van der Waals surface area contributed by atoms with Gasteiger partial charge in [-0.1, -0.05) is 78.1 Å². The van der Waals surface area contributed by atoms with Crippen molar-refractivity contribution in [1.29, 1.82) is 0 Å². The molecule has 2 aromatic carbocycles. The maximum absolute atomic E-state index is 5.92. The topological polar surface area (TPSA) is 44.2 Å². The van der Waals surface area contributed by atoms with Gasteiger partial charge in [-0.3, -0.25) is 0 Å². The summed E-state index contributed by atoms with van der Waals surface area (Å²) in [5, 5.41) is 0. The van der Waals surface area contributed by atoms with Crippen LogP contribution in [0.5, 0.6) is 11.5 Å². The van der Waals surface area contributed by atoms with E-state index in [4.69, 9.17) is 9.47 Å². The van der Waals surface area contributed by atoms with E-state index in [1.165, 1.54) is 64.2 Å². The molecule has 0 N–H and O–H groups in total. The van der Waals surface area contributed by atoms with Gasteiger partial charge in [0.15, 0.2) is 0 Å². The maximum Gasteiger partial charge on any atom is 0.119 e. The lowest BCUT2D eigenvalue weighted by Gasteiger charge is -2.09. The van der Waals surface area contributed by atoms with E-state index in [1.807, 2.05) is 30.3 Å². The zero-order valence-electron chi connectivity index (χ0n) is 22.4. The molecule has 0 unspecified atom stereocenters. The van der Waals surface area contributed by atoms with Crippen LogP contribution in [0.3, 0.4) is 0 Å². The Kier molecular flexibility index (Phi) is 12.9. The number of hydrogen-bond acceptors (Lipinski definition) is 4. The van der Waals surface area contributed by atoms with Gasteiger partial charge in [-0.15, -0.1) is 0 Å². The molecule has 194 valence electrons. The molecule has 3 rings (SSSR count). The summed E-state index contributed by atoms with van der Waals surface area (Å²) in [4.78, 5) is 8.99. The van der Waals surface area contributed by atoms with Crippen molar-refractivity contribution >= 4 is 0 Å². The SMILES string of the molecule is CCCCCCCCOc1ccc(-c2cc(-c3ccc(OCCCCCCCC)cc3)ncn2)cc1. The second kappa shape index (κ2) is 16.7. The molecule has 0 radical (unpaired) electrons. The highest BCUT2D eigenvalue weighted by molar-refractivity contribution is 5.68. The Bertz CT molecular complexity index is 893. The van der Waals surface area contributed by atoms with Crippen molar-refractivity contribution in [3.05, 3.63) is 60.9 Å². The van der Waals surface area contributed by atoms with E-state index in [0.717, 1.165) is 60.1 Å². The number of hydrogen-bond donors (Lipinski definition) is 0. The van der Waals surface area contributed by atoms with Gasteiger partial charge in [-0.05, 0) is 67.4 Å². The Labute approximate surface area is 218 Å². The molecule has 0 aliphatic rings. The van der Waals surface area contributed by atoms with Gasteiger partial charge < -0.3 is 9.47 Å². The molecule has 0 fully saturated rings. The van der Waals surface area contributed by atoms with Crippen molar-refractivity contribution in [2.24, 2.45) is 0 Å². The molecule has 1 aromatic heterocycles. The van der Waals surface area contributed by atoms with E-state index in [0.29, 0.717) is 0 Å². The number of ether oxygens (including phenoxy) is 2. The fraction of sp³-hybridized carbons (Fsp3) is 0.500. The molecule has 36 heavy (non-hydrogen) atoms. The third kappa shape index (κ3) is 10.0. The largest absolute Gasteiger partial charge is 0.494 e. The van der Waals surface area contributed by atoms with Crippen LogP contribution in [0.1, 0.15) is 90.9 Å². The molecule has 0 atom stereocenters. The first kappa shape index (κ1) is 27.7. The summed E-state index contributed by atoms with van der Waals surface area (Å²) in [7, 11) is 0. The molecule has 0 saturated heterocycles. The Morgan fingerprint density at radius 1 is 0.500 bits per heavy atom. The second-order valence-electron chi connectivity index (χ2n) is 9.57. The van der Waals surface area contributed by atoms with Gasteiger partial charge in [0.25, 0.3) is 0 Å². The van der Waals surface area contributed by atoms with E-state index < -0.39 is 0 Å². The summed E-state index contributed by atoms with van der Waals surface area (Å²) < 4.78 is 11.8. The Balaban J connectivity index is 1.46. The highest BCUT2D eigenvalue weighted by Gasteiger charge is 2.06. The van der Waals surface area contributed by atoms with E-state index in [9.17, 15) is 0 Å². The number of rotatable bonds is 18. The van der Waals surface area contributed by atoms with Crippen LogP contribution in [-0.2, 0) is 0 Å². The molecule has 1 heterocycles. The molecule has 0 saturated carbocycles. The highest BCUT2D eigenvalue weighted by atomic mass is 16.5. The molecular formula is C32H44N2O2. The highest BCUT2D eigenvalue weighted by Crippen LogP contribution is 2.26. The normalized spacial score (nSPS) is 10.9. The van der Waals surface area contributed by atoms with Crippen molar-refractivity contribution < 1.29 is 9.47 Å². The number of benzene rings is 2. The molecule has 4 heteroatoms. The van der Waals surface area contributed by atoms with Gasteiger partial charge >= 0.3 is 0 Å². The van der Waals surface area contributed by atoms with E-state index in [-0.39, 0.29) is 0 Å². The smallest absolute Gasteiger partial charge is 0.119 e. The lowest BCUT2D eigenvalue weighted by atomic mass is 10.1. The summed E-state index contributed by atoms with van der Waals surface area (Å²) in [6.45, 7) is 6.06. The van der Waals surface area contributed by atoms with Crippen LogP contribution in [0.2, 0.25) is 0 Å². The minimum absolute atomic E-state index is 0.780. The Morgan fingerprint density at radius 3 is 1.31 bits per heavy atom. The van der Waals surface area contributed by atoms with Crippen LogP contribution in [0.25, 0.3) is 22.5 Å². The Morgan fingerprint density at radius 2 is 0.889 bits per heavy atom. The molecule has 4 nitrogen and oxygen atoms in total. The van der Waals surface area contributed by atoms with Crippen LogP contribution in [-0.4, -0.2) is 23.2 Å². The zero-order chi connectivity index (χ0) is 25.3. The molecule has 0 bridgehead atoms. The predicted molar refractivity (Wildman–Crippen MR) is 151 cm³/mol. The second-order valence-corrected chi connectivity index (χ2v) is 9.57. The van der Waals surface area contributed by atoms with Crippen molar-refractivity contribution in [3.63, 3.8) is 0 Å². The lowest BCUT2D eigenvalue weighted by Crippen LogP contribution is -1.97. The average Bonchev–Trinajstić information content (AvgIpc) is 2.93. The minimum Gasteiger partial charge on any atom is -0.494 e. The number of nitrogens with zero attached hydrogens (tertiary/aromatic N) is 2. The van der Waals surface area contributed by atoms with E-state index in [2.05, 4.69) is 48.1 Å². The van der Waals surface area contributed by atoms with Gasteiger partial charge in [-0.2, -0.15) is 0 Å².